The molecule has 0 spiro atoms. The van der Waals surface area contributed by atoms with Crippen molar-refractivity contribution in [3.63, 3.8) is 0 Å². The van der Waals surface area contributed by atoms with Crippen molar-refractivity contribution in [3.05, 3.63) is 65.7 Å². The molecule has 0 amide bonds. The molecule has 112 valence electrons. The zero-order valence-corrected chi connectivity index (χ0v) is 14.6. The summed E-state index contributed by atoms with van der Waals surface area (Å²) in [5.41, 5.74) is 0. The molecule has 0 N–H and O–H groups in total. The van der Waals surface area contributed by atoms with E-state index in [0.717, 1.165) is 21.7 Å². The van der Waals surface area contributed by atoms with E-state index in [2.05, 4.69) is 22.5 Å². The molecule has 0 unspecified atom stereocenters. The van der Waals surface area contributed by atoms with Crippen LogP contribution < -0.4 is 9.47 Å². The maximum absolute atomic E-state index is 5.04. The van der Waals surface area contributed by atoms with Crippen molar-refractivity contribution in [3.8, 4) is 11.5 Å². The first-order chi connectivity index (χ1) is 10.2. The van der Waals surface area contributed by atoms with Crippen LogP contribution in [-0.2, 0) is 0 Å². The van der Waals surface area contributed by atoms with Crippen LogP contribution in [0.4, 0.5) is 0 Å². The third kappa shape index (κ3) is 7.25. The van der Waals surface area contributed by atoms with E-state index in [9.17, 15) is 0 Å². The third-order valence-corrected chi connectivity index (χ3v) is 4.01. The molecule has 0 saturated carbocycles. The Labute approximate surface area is 139 Å². The largest absolute Gasteiger partial charge is 0.497 e. The summed E-state index contributed by atoms with van der Waals surface area (Å²) >= 11 is 5.09. The minimum atomic E-state index is 0.887. The van der Waals surface area contributed by atoms with Crippen LogP contribution in [0.3, 0.4) is 0 Å². The van der Waals surface area contributed by atoms with Gasteiger partial charge in [0.1, 0.15) is 11.5 Å². The fourth-order valence-corrected chi connectivity index (χ4v) is 2.30. The van der Waals surface area contributed by atoms with Gasteiger partial charge in [0.15, 0.2) is 0 Å². The lowest BCUT2D eigenvalue weighted by molar-refractivity contribution is 0.414. The van der Waals surface area contributed by atoms with Gasteiger partial charge in [-0.15, -0.1) is 18.3 Å². The van der Waals surface area contributed by atoms with Gasteiger partial charge < -0.3 is 9.47 Å². The molecule has 2 aromatic rings. The van der Waals surface area contributed by atoms with Crippen molar-refractivity contribution >= 4 is 27.7 Å². The highest BCUT2D eigenvalue weighted by atomic mass is 79.9. The quantitative estimate of drug-likeness (QED) is 0.519. The summed E-state index contributed by atoms with van der Waals surface area (Å²) in [6, 6.07) is 15.7. The van der Waals surface area contributed by atoms with E-state index >= 15 is 0 Å². The SMILES string of the molecule is C=CCSc1ccc(OC)cc1.COc1ccc(Br)cc1. The van der Waals surface area contributed by atoms with Gasteiger partial charge in [0.2, 0.25) is 0 Å². The van der Waals surface area contributed by atoms with Gasteiger partial charge in [0, 0.05) is 15.1 Å². The van der Waals surface area contributed by atoms with Crippen LogP contribution in [-0.4, -0.2) is 20.0 Å². The van der Waals surface area contributed by atoms with Crippen molar-refractivity contribution < 1.29 is 9.47 Å². The highest BCUT2D eigenvalue weighted by Crippen LogP contribution is 2.20. The summed E-state index contributed by atoms with van der Waals surface area (Å²) < 4.78 is 11.1. The topological polar surface area (TPSA) is 18.5 Å². The summed E-state index contributed by atoms with van der Waals surface area (Å²) in [6.45, 7) is 3.66. The van der Waals surface area contributed by atoms with Gasteiger partial charge in [-0.25, -0.2) is 0 Å². The van der Waals surface area contributed by atoms with Crippen LogP contribution in [0.25, 0.3) is 0 Å². The molecule has 4 heteroatoms. The van der Waals surface area contributed by atoms with Crippen LogP contribution in [0.2, 0.25) is 0 Å². The van der Waals surface area contributed by atoms with E-state index in [1.807, 2.05) is 54.6 Å². The summed E-state index contributed by atoms with van der Waals surface area (Å²) in [5, 5.41) is 0. The van der Waals surface area contributed by atoms with Gasteiger partial charge in [0.05, 0.1) is 14.2 Å². The van der Waals surface area contributed by atoms with E-state index < -0.39 is 0 Å². The highest BCUT2D eigenvalue weighted by Gasteiger charge is 1.92. The molecule has 0 aliphatic carbocycles. The van der Waals surface area contributed by atoms with Gasteiger partial charge in [-0.05, 0) is 48.5 Å². The Morgan fingerprint density at radius 2 is 1.43 bits per heavy atom. The second-order valence-corrected chi connectivity index (χ2v) is 5.94. The lowest BCUT2D eigenvalue weighted by atomic mass is 10.3. The van der Waals surface area contributed by atoms with Crippen molar-refractivity contribution in [2.45, 2.75) is 4.90 Å². The summed E-state index contributed by atoms with van der Waals surface area (Å²) in [4.78, 5) is 1.25. The Hall–Kier alpha value is -1.39. The van der Waals surface area contributed by atoms with E-state index in [1.54, 1.807) is 26.0 Å². The van der Waals surface area contributed by atoms with Gasteiger partial charge in [-0.2, -0.15) is 0 Å². The Morgan fingerprint density at radius 3 is 1.86 bits per heavy atom. The first kappa shape index (κ1) is 17.7. The predicted molar refractivity (Wildman–Crippen MR) is 94.6 cm³/mol. The second-order valence-electron chi connectivity index (χ2n) is 3.93. The number of benzene rings is 2. The van der Waals surface area contributed by atoms with Crippen molar-refractivity contribution in [1.29, 1.82) is 0 Å². The summed E-state index contributed by atoms with van der Waals surface area (Å²) in [6.07, 6.45) is 1.90. The van der Waals surface area contributed by atoms with Crippen LogP contribution >= 0.6 is 27.7 Å². The zero-order valence-electron chi connectivity index (χ0n) is 12.2. The highest BCUT2D eigenvalue weighted by molar-refractivity contribution is 9.10. The van der Waals surface area contributed by atoms with Gasteiger partial charge in [0.25, 0.3) is 0 Å². The van der Waals surface area contributed by atoms with Gasteiger partial charge in [-0.3, -0.25) is 0 Å². The Kier molecular flexibility index (Phi) is 8.71. The molecule has 0 saturated heterocycles. The number of methoxy groups -OCH3 is 2. The average molecular weight is 367 g/mol. The number of rotatable bonds is 5. The van der Waals surface area contributed by atoms with Gasteiger partial charge >= 0.3 is 0 Å². The van der Waals surface area contributed by atoms with Crippen LogP contribution in [0, 0.1) is 0 Å². The Bertz CT molecular complexity index is 523. The molecule has 0 bridgehead atoms. The average Bonchev–Trinajstić information content (AvgIpc) is 2.55. The molecule has 2 rings (SSSR count). The molecule has 0 radical (unpaired) electrons. The molecule has 2 aromatic carbocycles. The Balaban J connectivity index is 0.000000219. The van der Waals surface area contributed by atoms with E-state index in [0.29, 0.717) is 0 Å². The fourth-order valence-electron chi connectivity index (χ4n) is 1.40. The number of halogens is 1. The van der Waals surface area contributed by atoms with Crippen LogP contribution in [0.5, 0.6) is 11.5 Å². The van der Waals surface area contributed by atoms with E-state index in [-0.39, 0.29) is 0 Å². The molecule has 2 nitrogen and oxygen atoms in total. The standard InChI is InChI=1S/C10H12OS.C7H7BrO/c1-3-8-12-10-6-4-9(11-2)5-7-10;1-9-7-4-2-6(8)3-5-7/h3-7H,1,8H2,2H3;2-5H,1H3. The third-order valence-electron chi connectivity index (χ3n) is 2.48. The molecule has 0 aliphatic rings. The minimum Gasteiger partial charge on any atom is -0.497 e. The number of hydrogen-bond acceptors (Lipinski definition) is 3. The van der Waals surface area contributed by atoms with Crippen LogP contribution in [0.1, 0.15) is 0 Å². The maximum atomic E-state index is 5.04. The van der Waals surface area contributed by atoms with Crippen molar-refractivity contribution in [1.82, 2.24) is 0 Å². The minimum absolute atomic E-state index is 0.887. The molecule has 0 fully saturated rings. The molecule has 21 heavy (non-hydrogen) atoms. The summed E-state index contributed by atoms with van der Waals surface area (Å²) in [5.74, 6) is 2.74. The van der Waals surface area contributed by atoms with E-state index in [1.165, 1.54) is 4.90 Å². The molecule has 0 aromatic heterocycles. The lowest BCUT2D eigenvalue weighted by Gasteiger charge is -2.00. The number of ether oxygens (including phenoxy) is 2. The Morgan fingerprint density at radius 1 is 0.952 bits per heavy atom. The van der Waals surface area contributed by atoms with Gasteiger partial charge in [-0.1, -0.05) is 22.0 Å². The maximum Gasteiger partial charge on any atom is 0.118 e. The molecule has 0 heterocycles. The molecule has 0 atom stereocenters. The zero-order chi connectivity index (χ0) is 15.5. The second kappa shape index (κ2) is 10.4. The van der Waals surface area contributed by atoms with E-state index in [4.69, 9.17) is 9.47 Å². The molecular weight excluding hydrogens is 348 g/mol. The first-order valence-corrected chi connectivity index (χ1v) is 8.14. The smallest absolute Gasteiger partial charge is 0.118 e. The van der Waals surface area contributed by atoms with Crippen LogP contribution in [0.15, 0.2) is 70.6 Å². The lowest BCUT2D eigenvalue weighted by Crippen LogP contribution is -1.81. The normalized spacial score (nSPS) is 9.29. The predicted octanol–water partition coefficient (Wildman–Crippen LogP) is 5.43. The fraction of sp³-hybridized carbons (Fsp3) is 0.176. The number of hydrogen-bond donors (Lipinski definition) is 0. The monoisotopic (exact) mass is 366 g/mol. The number of thioether (sulfide) groups is 1. The first-order valence-electron chi connectivity index (χ1n) is 6.37. The molecule has 0 aliphatic heterocycles. The van der Waals surface area contributed by atoms with Crippen molar-refractivity contribution in [2.24, 2.45) is 0 Å². The summed E-state index contributed by atoms with van der Waals surface area (Å²) in [7, 11) is 3.33. The molecular formula is C17H19BrO2S. The van der Waals surface area contributed by atoms with Crippen molar-refractivity contribution in [2.75, 3.05) is 20.0 Å².